The fourth-order valence-electron chi connectivity index (χ4n) is 1.36. The van der Waals surface area contributed by atoms with E-state index in [0.717, 1.165) is 23.8 Å². The normalized spacial score (nSPS) is 10.2. The van der Waals surface area contributed by atoms with Crippen LogP contribution in [0.5, 0.6) is 5.75 Å². The minimum Gasteiger partial charge on any atom is -0.489 e. The second-order valence-corrected chi connectivity index (χ2v) is 3.48. The van der Waals surface area contributed by atoms with Gasteiger partial charge in [0.2, 0.25) is 0 Å². The van der Waals surface area contributed by atoms with E-state index in [-0.39, 0.29) is 12.4 Å². The van der Waals surface area contributed by atoms with Crippen LogP contribution in [0.15, 0.2) is 36.5 Å². The average Bonchev–Trinajstić information content (AvgIpc) is 2.25. The highest BCUT2D eigenvalue weighted by atomic mass is 19.1. The van der Waals surface area contributed by atoms with Crippen molar-refractivity contribution in [2.24, 2.45) is 0 Å². The SMILES string of the molecule is Nc1cc(COc2cc(F)cc(F)c2)ccn1. The van der Waals surface area contributed by atoms with Crippen LogP contribution < -0.4 is 10.5 Å². The maximum Gasteiger partial charge on any atom is 0.129 e. The minimum absolute atomic E-state index is 0.137. The van der Waals surface area contributed by atoms with Crippen molar-refractivity contribution >= 4 is 5.82 Å². The molecular formula is C12H10F2N2O. The fourth-order valence-corrected chi connectivity index (χ4v) is 1.36. The molecule has 0 unspecified atom stereocenters. The molecule has 88 valence electrons. The van der Waals surface area contributed by atoms with Gasteiger partial charge in [-0.3, -0.25) is 0 Å². The predicted octanol–water partition coefficient (Wildman–Crippen LogP) is 2.52. The molecule has 0 aliphatic carbocycles. The van der Waals surface area contributed by atoms with E-state index < -0.39 is 11.6 Å². The Morgan fingerprint density at radius 2 is 1.82 bits per heavy atom. The van der Waals surface area contributed by atoms with E-state index in [0.29, 0.717) is 5.82 Å². The monoisotopic (exact) mass is 236 g/mol. The first kappa shape index (κ1) is 11.3. The maximum atomic E-state index is 12.9. The standard InChI is InChI=1S/C12H10F2N2O/c13-9-4-10(14)6-11(5-9)17-7-8-1-2-16-12(15)3-8/h1-6H,7H2,(H2,15,16). The summed E-state index contributed by atoms with van der Waals surface area (Å²) in [4.78, 5) is 3.83. The Kier molecular flexibility index (Phi) is 3.18. The topological polar surface area (TPSA) is 48.1 Å². The number of nitrogens with zero attached hydrogens (tertiary/aromatic N) is 1. The molecule has 0 amide bonds. The molecule has 0 radical (unpaired) electrons. The molecule has 0 aliphatic heterocycles. The minimum atomic E-state index is -0.672. The molecule has 2 rings (SSSR count). The van der Waals surface area contributed by atoms with Gasteiger partial charge in [0.15, 0.2) is 0 Å². The molecular weight excluding hydrogens is 226 g/mol. The third-order valence-corrected chi connectivity index (χ3v) is 2.09. The van der Waals surface area contributed by atoms with Crippen LogP contribution in [-0.2, 0) is 6.61 Å². The number of hydrogen-bond donors (Lipinski definition) is 1. The lowest BCUT2D eigenvalue weighted by molar-refractivity contribution is 0.302. The summed E-state index contributed by atoms with van der Waals surface area (Å²) in [5.41, 5.74) is 6.27. The number of benzene rings is 1. The van der Waals surface area contributed by atoms with Crippen LogP contribution in [0.25, 0.3) is 0 Å². The van der Waals surface area contributed by atoms with Gasteiger partial charge in [0.05, 0.1) is 0 Å². The first-order chi connectivity index (χ1) is 8.13. The first-order valence-corrected chi connectivity index (χ1v) is 4.93. The first-order valence-electron chi connectivity index (χ1n) is 4.93. The zero-order valence-electron chi connectivity index (χ0n) is 8.86. The van der Waals surface area contributed by atoms with Crippen molar-refractivity contribution in [1.82, 2.24) is 4.98 Å². The van der Waals surface area contributed by atoms with E-state index in [1.807, 2.05) is 0 Å². The average molecular weight is 236 g/mol. The van der Waals surface area contributed by atoms with Gasteiger partial charge in [-0.05, 0) is 17.7 Å². The Morgan fingerprint density at radius 1 is 1.12 bits per heavy atom. The molecule has 0 saturated heterocycles. The van der Waals surface area contributed by atoms with Crippen LogP contribution in [0, 0.1) is 11.6 Å². The highest BCUT2D eigenvalue weighted by molar-refractivity contribution is 5.32. The lowest BCUT2D eigenvalue weighted by atomic mass is 10.3. The molecule has 1 heterocycles. The molecule has 1 aromatic carbocycles. The molecule has 17 heavy (non-hydrogen) atoms. The molecule has 1 aromatic heterocycles. The van der Waals surface area contributed by atoms with Gasteiger partial charge in [0, 0.05) is 24.4 Å². The summed E-state index contributed by atoms with van der Waals surface area (Å²) in [5, 5.41) is 0. The van der Waals surface area contributed by atoms with Crippen LogP contribution in [0.2, 0.25) is 0 Å². The van der Waals surface area contributed by atoms with Crippen molar-refractivity contribution in [1.29, 1.82) is 0 Å². The van der Waals surface area contributed by atoms with E-state index in [1.165, 1.54) is 0 Å². The lowest BCUT2D eigenvalue weighted by Gasteiger charge is -2.06. The number of pyridine rings is 1. The number of rotatable bonds is 3. The smallest absolute Gasteiger partial charge is 0.129 e. The van der Waals surface area contributed by atoms with Crippen LogP contribution in [-0.4, -0.2) is 4.98 Å². The molecule has 3 nitrogen and oxygen atoms in total. The number of nitrogens with two attached hydrogens (primary N) is 1. The Morgan fingerprint density at radius 3 is 2.47 bits per heavy atom. The van der Waals surface area contributed by atoms with Gasteiger partial charge >= 0.3 is 0 Å². The number of nitrogen functional groups attached to an aromatic ring is 1. The third kappa shape index (κ3) is 3.14. The van der Waals surface area contributed by atoms with Crippen molar-refractivity contribution < 1.29 is 13.5 Å². The maximum absolute atomic E-state index is 12.9. The number of anilines is 1. The number of ether oxygens (including phenoxy) is 1. The Hall–Kier alpha value is -2.17. The molecule has 0 aliphatic rings. The molecule has 2 N–H and O–H groups in total. The van der Waals surface area contributed by atoms with Gasteiger partial charge in [-0.25, -0.2) is 13.8 Å². The van der Waals surface area contributed by atoms with E-state index in [2.05, 4.69) is 4.98 Å². The van der Waals surface area contributed by atoms with E-state index in [4.69, 9.17) is 10.5 Å². The Bertz CT molecular complexity index is 511. The van der Waals surface area contributed by atoms with Gasteiger partial charge in [-0.2, -0.15) is 0 Å². The largest absolute Gasteiger partial charge is 0.489 e. The second kappa shape index (κ2) is 4.78. The highest BCUT2D eigenvalue weighted by Gasteiger charge is 2.02. The number of halogens is 2. The van der Waals surface area contributed by atoms with E-state index in [9.17, 15) is 8.78 Å². The van der Waals surface area contributed by atoms with Crippen molar-refractivity contribution in [3.8, 4) is 5.75 Å². The molecule has 0 fully saturated rings. The third-order valence-electron chi connectivity index (χ3n) is 2.09. The molecule has 0 saturated carbocycles. The van der Waals surface area contributed by atoms with E-state index in [1.54, 1.807) is 18.3 Å². The van der Waals surface area contributed by atoms with Crippen LogP contribution in [0.1, 0.15) is 5.56 Å². The van der Waals surface area contributed by atoms with Gasteiger partial charge in [0.25, 0.3) is 0 Å². The summed E-state index contributed by atoms with van der Waals surface area (Å²) >= 11 is 0. The second-order valence-electron chi connectivity index (χ2n) is 3.48. The van der Waals surface area contributed by atoms with Crippen molar-refractivity contribution in [3.05, 3.63) is 53.7 Å². The quantitative estimate of drug-likeness (QED) is 0.890. The number of hydrogen-bond acceptors (Lipinski definition) is 3. The number of aromatic nitrogens is 1. The van der Waals surface area contributed by atoms with Gasteiger partial charge in [-0.1, -0.05) is 0 Å². The fraction of sp³-hybridized carbons (Fsp3) is 0.0833. The van der Waals surface area contributed by atoms with Gasteiger partial charge < -0.3 is 10.5 Å². The van der Waals surface area contributed by atoms with Crippen LogP contribution >= 0.6 is 0 Å². The molecule has 0 spiro atoms. The summed E-state index contributed by atoms with van der Waals surface area (Å²) in [6, 6.07) is 6.38. The van der Waals surface area contributed by atoms with Gasteiger partial charge in [-0.15, -0.1) is 0 Å². The summed E-state index contributed by atoms with van der Waals surface area (Å²) in [6.45, 7) is 0.176. The Labute approximate surface area is 96.9 Å². The van der Waals surface area contributed by atoms with E-state index >= 15 is 0 Å². The highest BCUT2D eigenvalue weighted by Crippen LogP contribution is 2.17. The zero-order chi connectivity index (χ0) is 12.3. The molecule has 0 atom stereocenters. The Balaban J connectivity index is 2.07. The van der Waals surface area contributed by atoms with Crippen molar-refractivity contribution in [3.63, 3.8) is 0 Å². The van der Waals surface area contributed by atoms with Gasteiger partial charge in [0.1, 0.15) is 29.8 Å². The van der Waals surface area contributed by atoms with Crippen molar-refractivity contribution in [2.45, 2.75) is 6.61 Å². The summed E-state index contributed by atoms with van der Waals surface area (Å²) in [7, 11) is 0. The zero-order valence-corrected chi connectivity index (χ0v) is 8.86. The summed E-state index contributed by atoms with van der Waals surface area (Å²) < 4.78 is 31.0. The lowest BCUT2D eigenvalue weighted by Crippen LogP contribution is -1.98. The molecule has 2 aromatic rings. The summed E-state index contributed by atoms with van der Waals surface area (Å²) in [5.74, 6) is -0.835. The molecule has 5 heteroatoms. The van der Waals surface area contributed by atoms with Crippen molar-refractivity contribution in [2.75, 3.05) is 5.73 Å². The summed E-state index contributed by atoms with van der Waals surface area (Å²) in [6.07, 6.45) is 1.54. The van der Waals surface area contributed by atoms with Crippen LogP contribution in [0.3, 0.4) is 0 Å². The predicted molar refractivity (Wildman–Crippen MR) is 59.3 cm³/mol. The van der Waals surface area contributed by atoms with Crippen LogP contribution in [0.4, 0.5) is 14.6 Å². The molecule has 0 bridgehead atoms.